The van der Waals surface area contributed by atoms with Gasteiger partial charge >= 0.3 is 12.1 Å². The minimum atomic E-state index is -0.886. The van der Waals surface area contributed by atoms with Gasteiger partial charge in [-0.05, 0) is 45.2 Å². The maximum Gasteiger partial charge on any atom is 0.407 e. The number of carboxylic acid groups (broad SMARTS) is 1. The number of alkyl carbamates (subject to hydrolysis) is 1. The monoisotopic (exact) mass is 394 g/mol. The molecule has 4 N–H and O–H groups in total. The van der Waals surface area contributed by atoms with Crippen molar-refractivity contribution >= 4 is 18.0 Å². The van der Waals surface area contributed by atoms with Gasteiger partial charge in [0.05, 0.1) is 25.2 Å². The van der Waals surface area contributed by atoms with Gasteiger partial charge in [0.15, 0.2) is 0 Å². The Hall–Kier alpha value is -2.61. The van der Waals surface area contributed by atoms with Crippen molar-refractivity contribution in [2.45, 2.75) is 71.3 Å². The number of ether oxygens (including phenoxy) is 2. The topological polar surface area (TPSA) is 128 Å². The maximum absolute atomic E-state index is 12.1. The number of rotatable bonds is 10. The zero-order valence-corrected chi connectivity index (χ0v) is 16.9. The first-order chi connectivity index (χ1) is 13.0. The third kappa shape index (κ3) is 9.91. The lowest BCUT2D eigenvalue weighted by molar-refractivity contribution is -0.136. The Bertz CT molecular complexity index is 666. The molecule has 1 aromatic rings. The maximum atomic E-state index is 12.1. The number of hydrogen-bond acceptors (Lipinski definition) is 5. The predicted octanol–water partition coefficient (Wildman–Crippen LogP) is 2.38. The van der Waals surface area contributed by atoms with Crippen LogP contribution in [0.25, 0.3) is 0 Å². The van der Waals surface area contributed by atoms with E-state index < -0.39 is 35.7 Å². The molecule has 0 fully saturated rings. The van der Waals surface area contributed by atoms with E-state index in [0.29, 0.717) is 12.0 Å². The molecule has 0 aliphatic rings. The van der Waals surface area contributed by atoms with Crippen LogP contribution in [0.1, 0.15) is 51.7 Å². The molecular formula is C20H30N2O6. The molecule has 1 aromatic carbocycles. The molecule has 0 aromatic heterocycles. The molecule has 156 valence electrons. The van der Waals surface area contributed by atoms with E-state index in [2.05, 4.69) is 5.32 Å². The van der Waals surface area contributed by atoms with E-state index in [1.165, 1.54) is 0 Å². The quantitative estimate of drug-likeness (QED) is 0.559. The number of hydrogen-bond donors (Lipinski definition) is 3. The van der Waals surface area contributed by atoms with Crippen molar-refractivity contribution in [1.29, 1.82) is 0 Å². The van der Waals surface area contributed by atoms with Gasteiger partial charge in [0.2, 0.25) is 5.91 Å². The van der Waals surface area contributed by atoms with Gasteiger partial charge in [-0.3, -0.25) is 9.59 Å². The second-order valence-corrected chi connectivity index (χ2v) is 7.66. The summed E-state index contributed by atoms with van der Waals surface area (Å²) < 4.78 is 11.1. The number of carbonyl (C=O) groups is 3. The van der Waals surface area contributed by atoms with Gasteiger partial charge in [0.25, 0.3) is 0 Å². The molecule has 0 radical (unpaired) electrons. The van der Waals surface area contributed by atoms with Gasteiger partial charge in [-0.25, -0.2) is 4.79 Å². The van der Waals surface area contributed by atoms with E-state index in [1.807, 2.05) is 0 Å². The van der Waals surface area contributed by atoms with Crippen LogP contribution in [0, 0.1) is 0 Å². The number of primary amides is 1. The van der Waals surface area contributed by atoms with Crippen molar-refractivity contribution in [3.63, 3.8) is 0 Å². The highest BCUT2D eigenvalue weighted by molar-refractivity contribution is 5.74. The summed E-state index contributed by atoms with van der Waals surface area (Å²) in [4.78, 5) is 33.9. The number of carbonyl (C=O) groups excluding carboxylic acids is 2. The lowest BCUT2D eigenvalue weighted by Gasteiger charge is -2.27. The SMILES string of the molecule is CC(OCc1ccc(CC(=O)O)cc1)C(CCC(N)=O)NC(=O)OC(C)(C)C. The molecule has 0 aliphatic carbocycles. The highest BCUT2D eigenvalue weighted by Crippen LogP contribution is 2.13. The molecule has 0 saturated carbocycles. The molecule has 0 spiro atoms. The molecule has 8 heteroatoms. The van der Waals surface area contributed by atoms with Gasteiger partial charge in [-0.15, -0.1) is 0 Å². The van der Waals surface area contributed by atoms with Gasteiger partial charge in [0, 0.05) is 6.42 Å². The molecule has 0 bridgehead atoms. The second kappa shape index (κ2) is 10.7. The molecule has 0 heterocycles. The van der Waals surface area contributed by atoms with Crippen LogP contribution in [-0.2, 0) is 32.1 Å². The molecule has 0 aliphatic heterocycles. The molecule has 2 amide bonds. The predicted molar refractivity (Wildman–Crippen MR) is 104 cm³/mol. The minimum absolute atomic E-state index is 0.0352. The van der Waals surface area contributed by atoms with E-state index in [-0.39, 0.29) is 19.4 Å². The van der Waals surface area contributed by atoms with Crippen LogP contribution in [0.5, 0.6) is 0 Å². The number of carboxylic acids is 1. The largest absolute Gasteiger partial charge is 0.481 e. The molecule has 8 nitrogen and oxygen atoms in total. The van der Waals surface area contributed by atoms with Crippen LogP contribution in [0.2, 0.25) is 0 Å². The Balaban J connectivity index is 2.66. The van der Waals surface area contributed by atoms with Crippen molar-refractivity contribution in [2.75, 3.05) is 0 Å². The molecule has 2 atom stereocenters. The lowest BCUT2D eigenvalue weighted by Crippen LogP contribution is -2.45. The average Bonchev–Trinajstić information content (AvgIpc) is 2.55. The summed E-state index contributed by atoms with van der Waals surface area (Å²) >= 11 is 0. The van der Waals surface area contributed by atoms with E-state index in [1.54, 1.807) is 52.0 Å². The van der Waals surface area contributed by atoms with Crippen molar-refractivity contribution < 1.29 is 29.0 Å². The van der Waals surface area contributed by atoms with E-state index in [0.717, 1.165) is 5.56 Å². The Kier molecular flexibility index (Phi) is 8.91. The van der Waals surface area contributed by atoms with E-state index in [4.69, 9.17) is 20.3 Å². The Morgan fingerprint density at radius 1 is 1.14 bits per heavy atom. The van der Waals surface area contributed by atoms with Crippen molar-refractivity contribution in [2.24, 2.45) is 5.73 Å². The normalized spacial score (nSPS) is 13.4. The number of nitrogens with two attached hydrogens (primary N) is 1. The highest BCUT2D eigenvalue weighted by atomic mass is 16.6. The first kappa shape index (κ1) is 23.4. The highest BCUT2D eigenvalue weighted by Gasteiger charge is 2.24. The molecule has 1 rings (SSSR count). The van der Waals surface area contributed by atoms with Crippen LogP contribution < -0.4 is 11.1 Å². The molecule has 0 saturated heterocycles. The Morgan fingerprint density at radius 3 is 2.21 bits per heavy atom. The van der Waals surface area contributed by atoms with Crippen molar-refractivity contribution in [3.05, 3.63) is 35.4 Å². The number of nitrogens with one attached hydrogen (secondary N) is 1. The standard InChI is InChI=1S/C20H30N2O6/c1-13(27-12-15-7-5-14(6-8-15)11-18(24)25)16(9-10-17(21)23)22-19(26)28-20(2,3)4/h5-8,13,16H,9-12H2,1-4H3,(H2,21,23)(H,22,26)(H,24,25). The Morgan fingerprint density at radius 2 is 1.71 bits per heavy atom. The summed E-state index contributed by atoms with van der Waals surface area (Å²) in [5.41, 5.74) is 6.15. The smallest absolute Gasteiger partial charge is 0.407 e. The average molecular weight is 394 g/mol. The van der Waals surface area contributed by atoms with Gasteiger partial charge in [0.1, 0.15) is 5.60 Å². The first-order valence-electron chi connectivity index (χ1n) is 9.15. The number of amides is 2. The zero-order valence-electron chi connectivity index (χ0n) is 16.9. The fourth-order valence-corrected chi connectivity index (χ4v) is 2.45. The van der Waals surface area contributed by atoms with E-state index in [9.17, 15) is 14.4 Å². The fourth-order valence-electron chi connectivity index (χ4n) is 2.45. The first-order valence-corrected chi connectivity index (χ1v) is 9.15. The molecular weight excluding hydrogens is 364 g/mol. The van der Waals surface area contributed by atoms with E-state index >= 15 is 0 Å². The third-order valence-electron chi connectivity index (χ3n) is 3.86. The van der Waals surface area contributed by atoms with Crippen LogP contribution in [0.3, 0.4) is 0 Å². The zero-order chi connectivity index (χ0) is 21.3. The van der Waals surface area contributed by atoms with Crippen molar-refractivity contribution in [3.8, 4) is 0 Å². The van der Waals surface area contributed by atoms with Crippen LogP contribution in [-0.4, -0.2) is 40.8 Å². The summed E-state index contributed by atoms with van der Waals surface area (Å²) in [6.45, 7) is 7.36. The molecule has 28 heavy (non-hydrogen) atoms. The van der Waals surface area contributed by atoms with Crippen LogP contribution in [0.15, 0.2) is 24.3 Å². The van der Waals surface area contributed by atoms with Crippen LogP contribution in [0.4, 0.5) is 4.79 Å². The Labute approximate surface area is 165 Å². The molecule has 2 unspecified atom stereocenters. The number of benzene rings is 1. The third-order valence-corrected chi connectivity index (χ3v) is 3.86. The van der Waals surface area contributed by atoms with Gasteiger partial charge in [-0.2, -0.15) is 0 Å². The summed E-state index contributed by atoms with van der Waals surface area (Å²) in [6, 6.07) is 6.62. The fraction of sp³-hybridized carbons (Fsp3) is 0.550. The van der Waals surface area contributed by atoms with Gasteiger partial charge < -0.3 is 25.6 Å². The van der Waals surface area contributed by atoms with Crippen LogP contribution >= 0.6 is 0 Å². The number of aliphatic carboxylic acids is 1. The van der Waals surface area contributed by atoms with Crippen molar-refractivity contribution in [1.82, 2.24) is 5.32 Å². The minimum Gasteiger partial charge on any atom is -0.481 e. The second-order valence-electron chi connectivity index (χ2n) is 7.66. The summed E-state index contributed by atoms with van der Waals surface area (Å²) in [5, 5.41) is 11.5. The summed E-state index contributed by atoms with van der Waals surface area (Å²) in [5.74, 6) is -1.35. The summed E-state index contributed by atoms with van der Waals surface area (Å²) in [7, 11) is 0. The lowest BCUT2D eigenvalue weighted by atomic mass is 10.1. The summed E-state index contributed by atoms with van der Waals surface area (Å²) in [6.07, 6.45) is -0.585. The van der Waals surface area contributed by atoms with Gasteiger partial charge in [-0.1, -0.05) is 24.3 Å².